The standard InChI is InChI=1S/C34H45Cl2N5O2S/c1-20-7-10-22(11-8-20)38-32(42)25-15-27-29(17-28(25)40(5)23-13-14-44-19-23)41(6)30(39-27)16-24-26(35)12-9-21(31(24)36)18-37-33(43)34(2,3)4/h9,12,15,17,20,22-23H,7-8,10-11,13-14,16,18-19H2,1-6H3,(H,37,43)(H,38,42). The molecule has 5 rings (SSSR count). The Balaban J connectivity index is 1.47. The lowest BCUT2D eigenvalue weighted by atomic mass is 9.87. The van der Waals surface area contributed by atoms with Gasteiger partial charge >= 0.3 is 0 Å². The first-order chi connectivity index (χ1) is 20.8. The van der Waals surface area contributed by atoms with Crippen molar-refractivity contribution in [3.63, 3.8) is 0 Å². The predicted molar refractivity (Wildman–Crippen MR) is 184 cm³/mol. The van der Waals surface area contributed by atoms with Crippen LogP contribution in [-0.2, 0) is 24.8 Å². The van der Waals surface area contributed by atoms with Crippen LogP contribution in [0.4, 0.5) is 5.69 Å². The highest BCUT2D eigenvalue weighted by Crippen LogP contribution is 2.35. The molecule has 0 spiro atoms. The highest BCUT2D eigenvalue weighted by Gasteiger charge is 2.28. The maximum atomic E-state index is 13.8. The number of anilines is 1. The van der Waals surface area contributed by atoms with Crippen molar-refractivity contribution in [3.05, 3.63) is 56.8 Å². The number of aryl methyl sites for hydroxylation is 1. The van der Waals surface area contributed by atoms with Crippen LogP contribution in [0.2, 0.25) is 10.0 Å². The SMILES string of the molecule is CC1CCC(NC(=O)c2cc3nc(Cc4c(Cl)ccc(CNC(=O)C(C)(C)C)c4Cl)n(C)c3cc2N(C)C2CCSC2)CC1. The second-order valence-electron chi connectivity index (χ2n) is 13.6. The van der Waals surface area contributed by atoms with Gasteiger partial charge in [-0.3, -0.25) is 9.59 Å². The molecule has 7 nitrogen and oxygen atoms in total. The number of benzene rings is 2. The summed E-state index contributed by atoms with van der Waals surface area (Å²) in [4.78, 5) is 33.6. The summed E-state index contributed by atoms with van der Waals surface area (Å²) in [6.45, 7) is 8.24. The number of nitrogens with one attached hydrogen (secondary N) is 2. The van der Waals surface area contributed by atoms with Gasteiger partial charge in [0.25, 0.3) is 5.91 Å². The van der Waals surface area contributed by atoms with Crippen molar-refractivity contribution in [2.75, 3.05) is 23.5 Å². The van der Waals surface area contributed by atoms with E-state index in [9.17, 15) is 9.59 Å². The van der Waals surface area contributed by atoms with Crippen molar-refractivity contribution in [1.82, 2.24) is 20.2 Å². The Morgan fingerprint density at radius 3 is 2.50 bits per heavy atom. The van der Waals surface area contributed by atoms with Gasteiger partial charge in [0.2, 0.25) is 5.91 Å². The molecule has 2 N–H and O–H groups in total. The quantitative estimate of drug-likeness (QED) is 0.264. The lowest BCUT2D eigenvalue weighted by molar-refractivity contribution is -0.128. The van der Waals surface area contributed by atoms with Crippen LogP contribution in [0.1, 0.15) is 87.1 Å². The highest BCUT2D eigenvalue weighted by molar-refractivity contribution is 7.99. The van der Waals surface area contributed by atoms with Gasteiger partial charge < -0.3 is 20.1 Å². The van der Waals surface area contributed by atoms with Crippen molar-refractivity contribution in [2.24, 2.45) is 18.4 Å². The van der Waals surface area contributed by atoms with E-state index < -0.39 is 5.41 Å². The Morgan fingerprint density at radius 1 is 1.11 bits per heavy atom. The third-order valence-corrected chi connectivity index (χ3v) is 11.2. The smallest absolute Gasteiger partial charge is 0.253 e. The first-order valence-corrected chi connectivity index (χ1v) is 17.6. The number of hydrogen-bond donors (Lipinski definition) is 2. The van der Waals surface area contributed by atoms with Gasteiger partial charge in [-0.1, -0.05) is 57.0 Å². The Hall–Kier alpha value is -2.42. The zero-order valence-electron chi connectivity index (χ0n) is 26.7. The fourth-order valence-electron chi connectivity index (χ4n) is 6.14. The zero-order valence-corrected chi connectivity index (χ0v) is 29.1. The average molecular weight is 659 g/mol. The Labute approximate surface area is 275 Å². The molecule has 1 aliphatic heterocycles. The van der Waals surface area contributed by atoms with Crippen molar-refractivity contribution in [2.45, 2.75) is 84.8 Å². The van der Waals surface area contributed by atoms with E-state index >= 15 is 0 Å². The molecule has 2 aromatic carbocycles. The molecule has 1 atom stereocenters. The van der Waals surface area contributed by atoms with Gasteiger partial charge in [0.05, 0.1) is 27.3 Å². The molecule has 10 heteroatoms. The molecule has 1 saturated carbocycles. The van der Waals surface area contributed by atoms with Crippen LogP contribution < -0.4 is 15.5 Å². The molecule has 2 aliphatic rings. The lowest BCUT2D eigenvalue weighted by Gasteiger charge is -2.30. The molecular formula is C34H45Cl2N5O2S. The number of fused-ring (bicyclic) bond motifs is 1. The Kier molecular flexibility index (Phi) is 10.1. The summed E-state index contributed by atoms with van der Waals surface area (Å²) in [6.07, 6.45) is 5.85. The minimum Gasteiger partial charge on any atom is -0.370 e. The number of carbonyl (C=O) groups is 2. The number of amides is 2. The van der Waals surface area contributed by atoms with Crippen LogP contribution >= 0.6 is 35.0 Å². The van der Waals surface area contributed by atoms with Gasteiger partial charge in [-0.15, -0.1) is 0 Å². The van der Waals surface area contributed by atoms with Gasteiger partial charge in [-0.05, 0) is 73.1 Å². The van der Waals surface area contributed by atoms with E-state index in [0.29, 0.717) is 34.6 Å². The summed E-state index contributed by atoms with van der Waals surface area (Å²) in [5, 5.41) is 7.40. The molecule has 2 amide bonds. The van der Waals surface area contributed by atoms with Crippen molar-refractivity contribution in [1.29, 1.82) is 0 Å². The van der Waals surface area contributed by atoms with Crippen LogP contribution in [0.5, 0.6) is 0 Å². The van der Waals surface area contributed by atoms with Crippen molar-refractivity contribution in [3.8, 4) is 0 Å². The zero-order chi connectivity index (χ0) is 31.8. The van der Waals surface area contributed by atoms with Crippen LogP contribution in [0.15, 0.2) is 24.3 Å². The summed E-state index contributed by atoms with van der Waals surface area (Å²) in [5.41, 5.74) is 4.40. The summed E-state index contributed by atoms with van der Waals surface area (Å²) in [6, 6.07) is 8.34. The molecule has 0 radical (unpaired) electrons. The number of nitrogens with zero attached hydrogens (tertiary/aromatic N) is 3. The Bertz CT molecular complexity index is 1530. The molecule has 44 heavy (non-hydrogen) atoms. The molecule has 1 unspecified atom stereocenters. The van der Waals surface area contributed by atoms with Gasteiger partial charge in [0.1, 0.15) is 5.82 Å². The van der Waals surface area contributed by atoms with Crippen molar-refractivity contribution < 1.29 is 9.59 Å². The van der Waals surface area contributed by atoms with E-state index in [0.717, 1.165) is 83.2 Å². The topological polar surface area (TPSA) is 79.3 Å². The maximum Gasteiger partial charge on any atom is 0.253 e. The number of carbonyl (C=O) groups excluding carboxylic acids is 2. The predicted octanol–water partition coefficient (Wildman–Crippen LogP) is 7.38. The average Bonchev–Trinajstić information content (AvgIpc) is 3.62. The molecule has 3 aromatic rings. The van der Waals surface area contributed by atoms with Gasteiger partial charge in [0, 0.05) is 55.3 Å². The summed E-state index contributed by atoms with van der Waals surface area (Å²) in [5.74, 6) is 3.63. The maximum absolute atomic E-state index is 13.8. The Morgan fingerprint density at radius 2 is 1.84 bits per heavy atom. The summed E-state index contributed by atoms with van der Waals surface area (Å²) >= 11 is 15.5. The summed E-state index contributed by atoms with van der Waals surface area (Å²) in [7, 11) is 4.11. The molecule has 1 saturated heterocycles. The molecule has 0 bridgehead atoms. The van der Waals surface area contributed by atoms with E-state index in [1.54, 1.807) is 0 Å². The van der Waals surface area contributed by atoms with Crippen LogP contribution in [-0.4, -0.2) is 52.0 Å². The monoisotopic (exact) mass is 657 g/mol. The minimum atomic E-state index is -0.497. The highest BCUT2D eigenvalue weighted by atomic mass is 35.5. The molecule has 2 heterocycles. The van der Waals surface area contributed by atoms with E-state index in [-0.39, 0.29) is 17.9 Å². The third kappa shape index (κ3) is 7.18. The number of aromatic nitrogens is 2. The molecule has 1 aliphatic carbocycles. The fraction of sp³-hybridized carbons (Fsp3) is 0.559. The number of imidazole rings is 1. The van der Waals surface area contributed by atoms with E-state index in [4.69, 9.17) is 28.2 Å². The first kappa shape index (κ1) is 33.0. The number of rotatable bonds is 8. The first-order valence-electron chi connectivity index (χ1n) is 15.7. The normalized spacial score (nSPS) is 20.6. The summed E-state index contributed by atoms with van der Waals surface area (Å²) < 4.78 is 2.07. The molecule has 1 aromatic heterocycles. The second kappa shape index (κ2) is 13.5. The number of halogens is 2. The van der Waals surface area contributed by atoms with E-state index in [2.05, 4.69) is 40.1 Å². The van der Waals surface area contributed by atoms with Crippen LogP contribution in [0.25, 0.3) is 11.0 Å². The van der Waals surface area contributed by atoms with Gasteiger partial charge in [0.15, 0.2) is 0 Å². The number of hydrogen-bond acceptors (Lipinski definition) is 5. The van der Waals surface area contributed by atoms with Gasteiger partial charge in [-0.2, -0.15) is 11.8 Å². The lowest BCUT2D eigenvalue weighted by Crippen LogP contribution is -2.39. The van der Waals surface area contributed by atoms with E-state index in [1.165, 1.54) is 0 Å². The fourth-order valence-corrected chi connectivity index (χ4v) is 7.98. The van der Waals surface area contributed by atoms with Gasteiger partial charge in [-0.25, -0.2) is 4.98 Å². The van der Waals surface area contributed by atoms with Crippen LogP contribution in [0.3, 0.4) is 0 Å². The molecular weight excluding hydrogens is 613 g/mol. The molecule has 238 valence electrons. The molecule has 2 fully saturated rings. The number of thioether (sulfide) groups is 1. The largest absolute Gasteiger partial charge is 0.370 e. The minimum absolute atomic E-state index is 0.0257. The van der Waals surface area contributed by atoms with Crippen molar-refractivity contribution >= 4 is 63.5 Å². The second-order valence-corrected chi connectivity index (χ2v) is 15.5. The third-order valence-electron chi connectivity index (χ3n) is 9.24. The van der Waals surface area contributed by atoms with E-state index in [1.807, 2.05) is 57.8 Å². The van der Waals surface area contributed by atoms with Crippen LogP contribution in [0, 0.1) is 11.3 Å².